The fourth-order valence-electron chi connectivity index (χ4n) is 2.12. The zero-order chi connectivity index (χ0) is 15.0. The van der Waals surface area contributed by atoms with Crippen LogP contribution in [0.25, 0.3) is 0 Å². The molecule has 20 heavy (non-hydrogen) atoms. The number of aliphatic hydroxyl groups excluding tert-OH is 1. The number of ether oxygens (including phenoxy) is 1. The van der Waals surface area contributed by atoms with Crippen molar-refractivity contribution in [1.82, 2.24) is 0 Å². The number of carbonyl (C=O) groups is 1. The summed E-state index contributed by atoms with van der Waals surface area (Å²) in [6.45, 7) is 4.67. The molecule has 2 N–H and O–H groups in total. The molecule has 0 spiro atoms. The van der Waals surface area contributed by atoms with Gasteiger partial charge in [-0.3, -0.25) is 4.79 Å². The van der Waals surface area contributed by atoms with Crippen LogP contribution in [0.5, 0.6) is 5.75 Å². The van der Waals surface area contributed by atoms with Gasteiger partial charge in [-0.2, -0.15) is 0 Å². The van der Waals surface area contributed by atoms with E-state index in [4.69, 9.17) is 9.84 Å². The number of phenolic OH excluding ortho intramolecular Hbond substituents is 1. The van der Waals surface area contributed by atoms with Crippen molar-refractivity contribution < 1.29 is 19.7 Å². The maximum atomic E-state index is 11.5. The molecule has 0 fully saturated rings. The van der Waals surface area contributed by atoms with E-state index >= 15 is 0 Å². The van der Waals surface area contributed by atoms with Crippen molar-refractivity contribution in [2.24, 2.45) is 0 Å². The topological polar surface area (TPSA) is 66.8 Å². The molecule has 0 unspecified atom stereocenters. The van der Waals surface area contributed by atoms with E-state index in [1.807, 2.05) is 13.0 Å². The molecule has 1 aromatic rings. The van der Waals surface area contributed by atoms with Crippen molar-refractivity contribution in [2.75, 3.05) is 13.2 Å². The van der Waals surface area contributed by atoms with E-state index in [1.54, 1.807) is 6.07 Å². The second kappa shape index (κ2) is 8.72. The first-order valence-electron chi connectivity index (χ1n) is 7.15. The molecule has 1 rings (SSSR count). The Balaban J connectivity index is 2.79. The number of phenols is 1. The molecule has 0 aliphatic heterocycles. The summed E-state index contributed by atoms with van der Waals surface area (Å²) in [6.07, 6.45) is 3.17. The third kappa shape index (κ3) is 4.62. The zero-order valence-electron chi connectivity index (χ0n) is 12.3. The molecule has 4 heteroatoms. The van der Waals surface area contributed by atoms with Gasteiger partial charge in [0.1, 0.15) is 5.75 Å². The van der Waals surface area contributed by atoms with Gasteiger partial charge >= 0.3 is 0 Å². The van der Waals surface area contributed by atoms with Crippen LogP contribution in [0.3, 0.4) is 0 Å². The Morgan fingerprint density at radius 3 is 2.65 bits per heavy atom. The summed E-state index contributed by atoms with van der Waals surface area (Å²) in [5.74, 6) is -0.0360. The molecule has 1 aromatic carbocycles. The van der Waals surface area contributed by atoms with Gasteiger partial charge in [0.05, 0.1) is 12.2 Å². The Hall–Kier alpha value is -1.39. The first kappa shape index (κ1) is 16.7. The quantitative estimate of drug-likeness (QED) is 0.539. The predicted molar refractivity (Wildman–Crippen MR) is 78.1 cm³/mol. The van der Waals surface area contributed by atoms with E-state index in [9.17, 15) is 9.90 Å². The highest BCUT2D eigenvalue weighted by atomic mass is 16.5. The van der Waals surface area contributed by atoms with Gasteiger partial charge in [-0.15, -0.1) is 0 Å². The fraction of sp³-hybridized carbons (Fsp3) is 0.562. The number of ketones is 1. The normalized spacial score (nSPS) is 10.8. The molecule has 0 bridgehead atoms. The Bertz CT molecular complexity index is 440. The van der Waals surface area contributed by atoms with Crippen LogP contribution in [0.2, 0.25) is 0 Å². The Kier molecular flexibility index (Phi) is 7.26. The molecular weight excluding hydrogens is 256 g/mol. The molecule has 0 saturated carbocycles. The molecule has 0 atom stereocenters. The number of carbonyl (C=O) groups excluding carboxylic acids is 1. The summed E-state index contributed by atoms with van der Waals surface area (Å²) >= 11 is 0. The SMILES string of the molecule is CCCc1c(COCCCCO)ccc(C(C)=O)c1O. The smallest absolute Gasteiger partial charge is 0.163 e. The number of hydrogen-bond acceptors (Lipinski definition) is 4. The first-order valence-corrected chi connectivity index (χ1v) is 7.15. The van der Waals surface area contributed by atoms with E-state index in [0.29, 0.717) is 18.8 Å². The lowest BCUT2D eigenvalue weighted by molar-refractivity contribution is 0.101. The van der Waals surface area contributed by atoms with Crippen molar-refractivity contribution in [1.29, 1.82) is 0 Å². The summed E-state index contributed by atoms with van der Waals surface area (Å²) in [4.78, 5) is 11.5. The maximum Gasteiger partial charge on any atom is 0.163 e. The van der Waals surface area contributed by atoms with Crippen LogP contribution >= 0.6 is 0 Å². The van der Waals surface area contributed by atoms with Gasteiger partial charge in [-0.05, 0) is 37.8 Å². The van der Waals surface area contributed by atoms with Crippen molar-refractivity contribution in [3.8, 4) is 5.75 Å². The minimum absolute atomic E-state index is 0.0933. The summed E-state index contributed by atoms with van der Waals surface area (Å²) < 4.78 is 5.56. The Morgan fingerprint density at radius 2 is 2.05 bits per heavy atom. The van der Waals surface area contributed by atoms with Crippen molar-refractivity contribution >= 4 is 5.78 Å². The highest BCUT2D eigenvalue weighted by molar-refractivity contribution is 5.97. The highest BCUT2D eigenvalue weighted by Gasteiger charge is 2.14. The van der Waals surface area contributed by atoms with E-state index in [-0.39, 0.29) is 18.1 Å². The molecular formula is C16H24O4. The lowest BCUT2D eigenvalue weighted by Gasteiger charge is -2.14. The average Bonchev–Trinajstić information content (AvgIpc) is 2.41. The van der Waals surface area contributed by atoms with Crippen LogP contribution < -0.4 is 0 Å². The first-order chi connectivity index (χ1) is 9.61. The third-order valence-corrected chi connectivity index (χ3v) is 3.21. The molecule has 0 aromatic heterocycles. The molecule has 0 saturated heterocycles. The molecule has 4 nitrogen and oxygen atoms in total. The van der Waals surface area contributed by atoms with Crippen molar-refractivity contribution in [2.45, 2.75) is 46.1 Å². The molecule has 0 radical (unpaired) electrons. The summed E-state index contributed by atoms with van der Waals surface area (Å²) in [5, 5.41) is 18.9. The second-order valence-electron chi connectivity index (χ2n) is 4.89. The van der Waals surface area contributed by atoms with Gasteiger partial charge in [0, 0.05) is 18.8 Å². The number of unbranched alkanes of at least 4 members (excludes halogenated alkanes) is 1. The number of aliphatic hydroxyl groups is 1. The van der Waals surface area contributed by atoms with E-state index in [1.165, 1.54) is 6.92 Å². The van der Waals surface area contributed by atoms with Gasteiger partial charge in [0.15, 0.2) is 5.78 Å². The lowest BCUT2D eigenvalue weighted by atomic mass is 9.97. The number of rotatable bonds is 9. The fourth-order valence-corrected chi connectivity index (χ4v) is 2.12. The van der Waals surface area contributed by atoms with Crippen molar-refractivity contribution in [3.05, 3.63) is 28.8 Å². The summed E-state index contributed by atoms with van der Waals surface area (Å²) in [5.41, 5.74) is 2.11. The van der Waals surface area contributed by atoms with Crippen LogP contribution in [0, 0.1) is 0 Å². The average molecular weight is 280 g/mol. The van der Waals surface area contributed by atoms with Crippen LogP contribution in [-0.2, 0) is 17.8 Å². The maximum absolute atomic E-state index is 11.5. The minimum atomic E-state index is -0.129. The van der Waals surface area contributed by atoms with Gasteiger partial charge in [0.25, 0.3) is 0 Å². The number of benzene rings is 1. The van der Waals surface area contributed by atoms with E-state index in [2.05, 4.69) is 0 Å². The lowest BCUT2D eigenvalue weighted by Crippen LogP contribution is -2.04. The standard InChI is InChI=1S/C16H24O4/c1-3-6-15-13(11-20-10-5-4-9-17)7-8-14(12(2)18)16(15)19/h7-8,17,19H,3-6,9-11H2,1-2H3. The third-order valence-electron chi connectivity index (χ3n) is 3.21. The number of aromatic hydroxyl groups is 1. The monoisotopic (exact) mass is 280 g/mol. The highest BCUT2D eigenvalue weighted by Crippen LogP contribution is 2.28. The van der Waals surface area contributed by atoms with Gasteiger partial charge in [-0.1, -0.05) is 19.4 Å². The summed E-state index contributed by atoms with van der Waals surface area (Å²) in [7, 11) is 0. The number of Topliss-reactive ketones (excluding diaryl/α,β-unsaturated/α-hetero) is 1. The minimum Gasteiger partial charge on any atom is -0.507 e. The van der Waals surface area contributed by atoms with Crippen LogP contribution in [-0.4, -0.2) is 29.2 Å². The number of hydrogen-bond donors (Lipinski definition) is 2. The van der Waals surface area contributed by atoms with Gasteiger partial charge in [0.2, 0.25) is 0 Å². The second-order valence-corrected chi connectivity index (χ2v) is 4.89. The van der Waals surface area contributed by atoms with Crippen LogP contribution in [0.1, 0.15) is 54.6 Å². The molecule has 0 heterocycles. The van der Waals surface area contributed by atoms with Gasteiger partial charge < -0.3 is 14.9 Å². The zero-order valence-corrected chi connectivity index (χ0v) is 12.3. The molecule has 0 amide bonds. The Labute approximate surface area is 120 Å². The Morgan fingerprint density at radius 1 is 1.30 bits per heavy atom. The molecule has 112 valence electrons. The predicted octanol–water partition coefficient (Wildman–Crippen LogP) is 2.84. The molecule has 0 aliphatic rings. The largest absolute Gasteiger partial charge is 0.507 e. The van der Waals surface area contributed by atoms with E-state index < -0.39 is 0 Å². The van der Waals surface area contributed by atoms with Crippen LogP contribution in [0.4, 0.5) is 0 Å². The van der Waals surface area contributed by atoms with Gasteiger partial charge in [-0.25, -0.2) is 0 Å². The van der Waals surface area contributed by atoms with Crippen molar-refractivity contribution in [3.63, 3.8) is 0 Å². The van der Waals surface area contributed by atoms with E-state index in [0.717, 1.165) is 36.8 Å². The molecule has 0 aliphatic carbocycles. The summed E-state index contributed by atoms with van der Waals surface area (Å²) in [6, 6.07) is 3.51. The van der Waals surface area contributed by atoms with Crippen LogP contribution in [0.15, 0.2) is 12.1 Å².